The zero-order valence-electron chi connectivity index (χ0n) is 12.3. The van der Waals surface area contributed by atoms with Crippen LogP contribution in [0.25, 0.3) is 0 Å². The summed E-state index contributed by atoms with van der Waals surface area (Å²) < 4.78 is 0. The van der Waals surface area contributed by atoms with Crippen LogP contribution in [0.15, 0.2) is 0 Å². The Morgan fingerprint density at radius 2 is 0.562 bits per heavy atom. The Balaban J connectivity index is -0.0000000331. The van der Waals surface area contributed by atoms with Crippen LogP contribution in [0.5, 0.6) is 0 Å². The van der Waals surface area contributed by atoms with Crippen molar-refractivity contribution in [2.75, 3.05) is 0 Å². The van der Waals surface area contributed by atoms with E-state index in [1.54, 1.807) is 0 Å². The van der Waals surface area contributed by atoms with Crippen LogP contribution in [0.1, 0.15) is 62.3 Å². The molecule has 1 atom stereocenters. The third-order valence-corrected chi connectivity index (χ3v) is 0. The van der Waals surface area contributed by atoms with Gasteiger partial charge in [-0.3, -0.25) is 0 Å². The van der Waals surface area contributed by atoms with Gasteiger partial charge in [-0.25, -0.2) is 0 Å². The third kappa shape index (κ3) is 863. The van der Waals surface area contributed by atoms with E-state index in [1.165, 1.54) is 17.8 Å². The maximum absolute atomic E-state index is 3.11. The van der Waals surface area contributed by atoms with Gasteiger partial charge in [-0.2, -0.15) is 72.2 Å². The molecular formula is C12H30Br2PPd-3. The minimum absolute atomic E-state index is 0. The molecule has 16 heavy (non-hydrogen) atoms. The summed E-state index contributed by atoms with van der Waals surface area (Å²) in [7, 11) is 0. The standard InChI is InChI=1S/3C4H9.2BrH.H3P.Pd/c3*1-4(2)3;;;;/h3*1-3H3;2*1H;1H3;/q3*-1;;;;+2/p-2. The van der Waals surface area contributed by atoms with Gasteiger partial charge in [0.2, 0.25) is 0 Å². The van der Waals surface area contributed by atoms with E-state index in [2.05, 4.69) is 89.2 Å². The van der Waals surface area contributed by atoms with E-state index in [9.17, 15) is 0 Å². The monoisotopic (exact) mass is 469 g/mol. The molecule has 0 rings (SSSR count). The molecule has 0 amide bonds. The van der Waals surface area contributed by atoms with Crippen molar-refractivity contribution in [3.63, 3.8) is 0 Å². The average Bonchev–Trinajstić information content (AvgIpc) is 1.81. The molecule has 0 spiro atoms. The van der Waals surface area contributed by atoms with Gasteiger partial charge in [0.1, 0.15) is 0 Å². The van der Waals surface area contributed by atoms with Crippen LogP contribution in [0, 0.1) is 17.8 Å². The molecule has 0 aromatic rings. The van der Waals surface area contributed by atoms with Crippen molar-refractivity contribution in [3.8, 4) is 0 Å². The zero-order valence-corrected chi connectivity index (χ0v) is 18.4. The van der Waals surface area contributed by atoms with Crippen LogP contribution in [0.4, 0.5) is 0 Å². The number of hydrogen-bond donors (Lipinski definition) is 0. The van der Waals surface area contributed by atoms with Gasteiger partial charge in [-0.05, 0) is 0 Å². The van der Waals surface area contributed by atoms with Crippen molar-refractivity contribution in [3.05, 3.63) is 17.8 Å². The van der Waals surface area contributed by atoms with Crippen molar-refractivity contribution >= 4 is 36.8 Å². The second kappa shape index (κ2) is 30.2. The Labute approximate surface area is 130 Å². The average molecular weight is 472 g/mol. The van der Waals surface area contributed by atoms with E-state index in [-0.39, 0.29) is 9.90 Å². The van der Waals surface area contributed by atoms with Gasteiger partial charge >= 0.3 is 40.8 Å². The van der Waals surface area contributed by atoms with Gasteiger partial charge in [0.05, 0.1) is 0 Å². The molecule has 0 fully saturated rings. The van der Waals surface area contributed by atoms with Gasteiger partial charge < -0.3 is 17.8 Å². The molecule has 0 aliphatic rings. The van der Waals surface area contributed by atoms with E-state index < -0.39 is 0 Å². The predicted molar refractivity (Wildman–Crippen MR) is 89.8 cm³/mol. The molecule has 0 aliphatic heterocycles. The maximum atomic E-state index is 3.11. The van der Waals surface area contributed by atoms with Crippen LogP contribution in [-0.2, 0) is 13.9 Å². The SMILES string of the molecule is C[C-](C)C.C[C-](C)C.C[C-](C)C.P.[Br][Pd][Br]. The van der Waals surface area contributed by atoms with E-state index in [4.69, 9.17) is 0 Å². The van der Waals surface area contributed by atoms with E-state index in [0.717, 1.165) is 0 Å². The van der Waals surface area contributed by atoms with Crippen molar-refractivity contribution < 1.29 is 13.9 Å². The molecule has 0 radical (unpaired) electrons. The second-order valence-corrected chi connectivity index (χ2v) is 11.7. The Bertz CT molecular complexity index is 56.9. The normalized spacial score (nSPS) is 8.12. The quantitative estimate of drug-likeness (QED) is 0.212. The molecule has 0 N–H and O–H groups in total. The fraction of sp³-hybridized carbons (Fsp3) is 0.750. The molecule has 0 saturated heterocycles. The van der Waals surface area contributed by atoms with Gasteiger partial charge in [0, 0.05) is 0 Å². The molecule has 0 aromatic heterocycles. The molecule has 0 nitrogen and oxygen atoms in total. The molecular weight excluding hydrogens is 441 g/mol. The molecule has 1 unspecified atom stereocenters. The van der Waals surface area contributed by atoms with Crippen LogP contribution >= 0.6 is 36.8 Å². The summed E-state index contributed by atoms with van der Waals surface area (Å²) in [6.07, 6.45) is 0. The molecule has 110 valence electrons. The van der Waals surface area contributed by atoms with Crippen LogP contribution in [0.3, 0.4) is 0 Å². The Hall–Kier alpha value is 2.05. The van der Waals surface area contributed by atoms with Crippen molar-refractivity contribution in [2.24, 2.45) is 0 Å². The van der Waals surface area contributed by atoms with Gasteiger partial charge in [-0.1, -0.05) is 0 Å². The van der Waals surface area contributed by atoms with E-state index in [1.807, 2.05) is 0 Å². The zero-order chi connectivity index (χ0) is 13.4. The van der Waals surface area contributed by atoms with Crippen LogP contribution in [0.2, 0.25) is 0 Å². The van der Waals surface area contributed by atoms with Gasteiger partial charge in [0.15, 0.2) is 0 Å². The molecule has 0 bridgehead atoms. The minimum atomic E-state index is 0. The third-order valence-electron chi connectivity index (χ3n) is 0. The summed E-state index contributed by atoms with van der Waals surface area (Å²) in [4.78, 5) is 0. The summed E-state index contributed by atoms with van der Waals surface area (Å²) >= 11 is 6.80. The van der Waals surface area contributed by atoms with Crippen LogP contribution < -0.4 is 0 Å². The fourth-order valence-corrected chi connectivity index (χ4v) is 0. The van der Waals surface area contributed by atoms with Crippen molar-refractivity contribution in [2.45, 2.75) is 62.3 Å². The first kappa shape index (κ1) is 30.8. The Kier molecular flexibility index (Phi) is 58.3. The summed E-state index contributed by atoms with van der Waals surface area (Å²) in [5, 5.41) is 0. The molecule has 0 saturated carbocycles. The number of rotatable bonds is 0. The first-order valence-electron chi connectivity index (χ1n) is 4.74. The topological polar surface area (TPSA) is 0 Å². The van der Waals surface area contributed by atoms with Gasteiger partial charge in [-0.15, -0.1) is 0 Å². The van der Waals surface area contributed by atoms with E-state index in [0.29, 0.717) is 13.9 Å². The molecule has 0 aliphatic carbocycles. The Morgan fingerprint density at radius 3 is 0.562 bits per heavy atom. The predicted octanol–water partition coefficient (Wildman–Crippen LogP) is 6.61. The summed E-state index contributed by atoms with van der Waals surface area (Å²) in [5.41, 5.74) is 0. The summed E-state index contributed by atoms with van der Waals surface area (Å²) in [6, 6.07) is 0. The summed E-state index contributed by atoms with van der Waals surface area (Å²) in [6.45, 7) is 18.8. The number of halogens is 2. The number of hydrogen-bond acceptors (Lipinski definition) is 0. The fourth-order valence-electron chi connectivity index (χ4n) is 0. The van der Waals surface area contributed by atoms with Crippen molar-refractivity contribution in [1.82, 2.24) is 0 Å². The molecule has 0 heterocycles. The summed E-state index contributed by atoms with van der Waals surface area (Å²) in [5.74, 6) is 4.25. The van der Waals surface area contributed by atoms with Crippen molar-refractivity contribution in [1.29, 1.82) is 0 Å². The molecule has 4 heteroatoms. The van der Waals surface area contributed by atoms with Crippen LogP contribution in [-0.4, -0.2) is 0 Å². The van der Waals surface area contributed by atoms with Gasteiger partial charge in [0.25, 0.3) is 0 Å². The first-order chi connectivity index (χ1) is 6.61. The first-order valence-corrected chi connectivity index (χ1v) is 11.8. The molecule has 0 aromatic carbocycles. The Morgan fingerprint density at radius 1 is 0.562 bits per heavy atom. The second-order valence-electron chi connectivity index (χ2n) is 4.55. The van der Waals surface area contributed by atoms with E-state index >= 15 is 0 Å².